The normalized spacial score (nSPS) is 13.3. The average molecular weight is 292 g/mol. The van der Waals surface area contributed by atoms with E-state index in [1.54, 1.807) is 0 Å². The highest BCUT2D eigenvalue weighted by molar-refractivity contribution is 5.84. The number of hydrogen-bond acceptors (Lipinski definition) is 3. The second kappa shape index (κ2) is 7.57. The van der Waals surface area contributed by atoms with Gasteiger partial charge in [-0.3, -0.25) is 9.69 Å². The Morgan fingerprint density at radius 3 is 2.48 bits per heavy atom. The molecule has 0 radical (unpaired) electrons. The van der Waals surface area contributed by atoms with Gasteiger partial charge in [0.1, 0.15) is 6.04 Å². The van der Waals surface area contributed by atoms with Gasteiger partial charge < -0.3 is 10.1 Å². The fourth-order valence-electron chi connectivity index (χ4n) is 2.34. The van der Waals surface area contributed by atoms with Crippen LogP contribution in [0.2, 0.25) is 0 Å². The molecule has 0 aliphatic rings. The molecule has 0 spiro atoms. The summed E-state index contributed by atoms with van der Waals surface area (Å²) in [6.07, 6.45) is 0. The van der Waals surface area contributed by atoms with E-state index in [1.807, 2.05) is 71.0 Å². The molecular formula is C17H28N2O2. The van der Waals surface area contributed by atoms with Crippen molar-refractivity contribution >= 4 is 5.91 Å². The molecule has 0 bridgehead atoms. The first-order chi connectivity index (χ1) is 9.78. The van der Waals surface area contributed by atoms with Crippen LogP contribution in [0.3, 0.4) is 0 Å². The van der Waals surface area contributed by atoms with Gasteiger partial charge in [0, 0.05) is 6.61 Å². The van der Waals surface area contributed by atoms with E-state index < -0.39 is 0 Å². The zero-order valence-corrected chi connectivity index (χ0v) is 14.1. The summed E-state index contributed by atoms with van der Waals surface area (Å²) in [4.78, 5) is 14.6. The van der Waals surface area contributed by atoms with Gasteiger partial charge in [-0.15, -0.1) is 0 Å². The molecular weight excluding hydrogens is 264 g/mol. The summed E-state index contributed by atoms with van der Waals surface area (Å²) in [5, 5.41) is 3.09. The molecule has 4 heteroatoms. The highest BCUT2D eigenvalue weighted by Crippen LogP contribution is 2.22. The third-order valence-electron chi connectivity index (χ3n) is 3.38. The predicted octanol–water partition coefficient (Wildman–Crippen LogP) is 2.53. The fourth-order valence-corrected chi connectivity index (χ4v) is 2.34. The molecule has 1 rings (SSSR count). The molecule has 1 aromatic carbocycles. The predicted molar refractivity (Wildman–Crippen MR) is 86.3 cm³/mol. The highest BCUT2D eigenvalue weighted by Gasteiger charge is 2.29. The Bertz CT molecular complexity index is 470. The van der Waals surface area contributed by atoms with Crippen molar-refractivity contribution in [3.05, 3.63) is 35.4 Å². The summed E-state index contributed by atoms with van der Waals surface area (Å²) < 4.78 is 5.44. The van der Waals surface area contributed by atoms with Crippen molar-refractivity contribution in [1.29, 1.82) is 0 Å². The topological polar surface area (TPSA) is 41.6 Å². The summed E-state index contributed by atoms with van der Waals surface area (Å²) in [6, 6.07) is 7.70. The Morgan fingerprint density at radius 2 is 1.95 bits per heavy atom. The van der Waals surface area contributed by atoms with Crippen molar-refractivity contribution in [3.63, 3.8) is 0 Å². The van der Waals surface area contributed by atoms with E-state index in [2.05, 4.69) is 5.32 Å². The van der Waals surface area contributed by atoms with E-state index >= 15 is 0 Å². The van der Waals surface area contributed by atoms with Crippen molar-refractivity contribution in [2.24, 2.45) is 0 Å². The molecule has 1 N–H and O–H groups in total. The standard InChI is InChI=1S/C17H28N2O2/c1-7-21-12-17(3,4)18-16(20)15(19(5)6)14-11-9-8-10-13(14)2/h8-11,15H,7,12H2,1-6H3,(H,18,20)/t15-/m1/s1. The largest absolute Gasteiger partial charge is 0.379 e. The van der Waals surface area contributed by atoms with Crippen LogP contribution in [-0.2, 0) is 9.53 Å². The number of ether oxygens (including phenoxy) is 1. The van der Waals surface area contributed by atoms with Gasteiger partial charge in [0.15, 0.2) is 0 Å². The molecule has 1 atom stereocenters. The van der Waals surface area contributed by atoms with E-state index in [4.69, 9.17) is 4.74 Å². The van der Waals surface area contributed by atoms with E-state index in [0.717, 1.165) is 11.1 Å². The molecule has 0 heterocycles. The first kappa shape index (κ1) is 17.7. The quantitative estimate of drug-likeness (QED) is 0.839. The van der Waals surface area contributed by atoms with Crippen molar-refractivity contribution in [3.8, 4) is 0 Å². The lowest BCUT2D eigenvalue weighted by Crippen LogP contribution is -2.50. The lowest BCUT2D eigenvalue weighted by atomic mass is 9.98. The summed E-state index contributed by atoms with van der Waals surface area (Å²) in [5.41, 5.74) is 1.77. The summed E-state index contributed by atoms with van der Waals surface area (Å²) in [5.74, 6) is -0.000923. The molecule has 0 fully saturated rings. The Morgan fingerprint density at radius 1 is 1.33 bits per heavy atom. The van der Waals surface area contributed by atoms with Crippen LogP contribution >= 0.6 is 0 Å². The Hall–Kier alpha value is -1.39. The maximum absolute atomic E-state index is 12.7. The number of benzene rings is 1. The van der Waals surface area contributed by atoms with Gasteiger partial charge in [-0.1, -0.05) is 24.3 Å². The molecule has 0 unspecified atom stereocenters. The van der Waals surface area contributed by atoms with Crippen LogP contribution in [-0.4, -0.2) is 43.7 Å². The molecule has 4 nitrogen and oxygen atoms in total. The van der Waals surface area contributed by atoms with Gasteiger partial charge in [0.25, 0.3) is 0 Å². The fraction of sp³-hybridized carbons (Fsp3) is 0.588. The average Bonchev–Trinajstić information content (AvgIpc) is 2.38. The Labute approximate surface area is 128 Å². The second-order valence-electron chi connectivity index (χ2n) is 6.23. The molecule has 1 aromatic rings. The van der Waals surface area contributed by atoms with E-state index in [0.29, 0.717) is 13.2 Å². The number of nitrogens with one attached hydrogen (secondary N) is 1. The SMILES string of the molecule is CCOCC(C)(C)NC(=O)[C@@H](c1ccccc1C)N(C)C. The highest BCUT2D eigenvalue weighted by atomic mass is 16.5. The van der Waals surface area contributed by atoms with Crippen LogP contribution in [0.25, 0.3) is 0 Å². The van der Waals surface area contributed by atoms with Crippen LogP contribution in [0, 0.1) is 6.92 Å². The Balaban J connectivity index is 2.92. The van der Waals surface area contributed by atoms with Gasteiger partial charge in [0.05, 0.1) is 12.1 Å². The zero-order chi connectivity index (χ0) is 16.0. The van der Waals surface area contributed by atoms with Crippen LogP contribution in [0.1, 0.15) is 37.9 Å². The number of carbonyl (C=O) groups is 1. The Kier molecular flexibility index (Phi) is 6.37. The molecule has 0 saturated carbocycles. The zero-order valence-electron chi connectivity index (χ0n) is 14.1. The third-order valence-corrected chi connectivity index (χ3v) is 3.38. The lowest BCUT2D eigenvalue weighted by molar-refractivity contribution is -0.128. The number of likely N-dealkylation sites (N-methyl/N-ethyl adjacent to an activating group) is 1. The van der Waals surface area contributed by atoms with Gasteiger partial charge in [0.2, 0.25) is 5.91 Å². The number of amides is 1. The number of rotatable bonds is 7. The maximum atomic E-state index is 12.7. The van der Waals surface area contributed by atoms with Gasteiger partial charge in [-0.2, -0.15) is 0 Å². The van der Waals surface area contributed by atoms with Crippen LogP contribution in [0.4, 0.5) is 0 Å². The minimum Gasteiger partial charge on any atom is -0.379 e. The van der Waals surface area contributed by atoms with Crippen LogP contribution in [0.15, 0.2) is 24.3 Å². The summed E-state index contributed by atoms with van der Waals surface area (Å²) >= 11 is 0. The molecule has 0 aromatic heterocycles. The van der Waals surface area contributed by atoms with Gasteiger partial charge in [-0.05, 0) is 52.9 Å². The molecule has 0 saturated heterocycles. The van der Waals surface area contributed by atoms with Crippen molar-refractivity contribution in [1.82, 2.24) is 10.2 Å². The molecule has 118 valence electrons. The second-order valence-corrected chi connectivity index (χ2v) is 6.23. The van der Waals surface area contributed by atoms with Crippen molar-refractivity contribution in [2.45, 2.75) is 39.3 Å². The molecule has 0 aliphatic heterocycles. The van der Waals surface area contributed by atoms with Crippen LogP contribution < -0.4 is 5.32 Å². The van der Waals surface area contributed by atoms with Gasteiger partial charge in [-0.25, -0.2) is 0 Å². The minimum atomic E-state index is -0.385. The smallest absolute Gasteiger partial charge is 0.242 e. The summed E-state index contributed by atoms with van der Waals surface area (Å²) in [7, 11) is 3.85. The number of carbonyl (C=O) groups excluding carboxylic acids is 1. The van der Waals surface area contributed by atoms with E-state index in [9.17, 15) is 4.79 Å². The third kappa shape index (κ3) is 5.14. The van der Waals surface area contributed by atoms with Gasteiger partial charge >= 0.3 is 0 Å². The minimum absolute atomic E-state index is 0.000923. The monoisotopic (exact) mass is 292 g/mol. The summed E-state index contributed by atoms with van der Waals surface area (Å²) in [6.45, 7) is 9.09. The number of aryl methyl sites for hydroxylation is 1. The number of nitrogens with zero attached hydrogens (tertiary/aromatic N) is 1. The lowest BCUT2D eigenvalue weighted by Gasteiger charge is -2.31. The van der Waals surface area contributed by atoms with Crippen molar-refractivity contribution in [2.75, 3.05) is 27.3 Å². The van der Waals surface area contributed by atoms with E-state index in [1.165, 1.54) is 0 Å². The molecule has 0 aliphatic carbocycles. The first-order valence-corrected chi connectivity index (χ1v) is 7.40. The molecule has 1 amide bonds. The van der Waals surface area contributed by atoms with E-state index in [-0.39, 0.29) is 17.5 Å². The maximum Gasteiger partial charge on any atom is 0.242 e. The molecule has 21 heavy (non-hydrogen) atoms. The van der Waals surface area contributed by atoms with Crippen molar-refractivity contribution < 1.29 is 9.53 Å². The number of hydrogen-bond donors (Lipinski definition) is 1. The first-order valence-electron chi connectivity index (χ1n) is 7.40. The van der Waals surface area contributed by atoms with Crippen LogP contribution in [0.5, 0.6) is 0 Å².